The SMILES string of the molecule is CCCCCCCCNc1ccc(N)c2c1C(=O)c1ccccc1C2=O. The molecule has 0 fully saturated rings. The highest BCUT2D eigenvalue weighted by Crippen LogP contribution is 2.35. The van der Waals surface area contributed by atoms with Gasteiger partial charge in [-0.3, -0.25) is 9.59 Å². The van der Waals surface area contributed by atoms with Crippen molar-refractivity contribution in [3.63, 3.8) is 0 Å². The number of carbonyl (C=O) groups excluding carboxylic acids is 2. The van der Waals surface area contributed by atoms with E-state index in [9.17, 15) is 9.59 Å². The van der Waals surface area contributed by atoms with Gasteiger partial charge in [0.2, 0.25) is 0 Å². The molecule has 0 aliphatic heterocycles. The number of unbranched alkanes of at least 4 members (excludes halogenated alkanes) is 5. The van der Waals surface area contributed by atoms with Gasteiger partial charge in [-0.15, -0.1) is 0 Å². The summed E-state index contributed by atoms with van der Waals surface area (Å²) < 4.78 is 0. The van der Waals surface area contributed by atoms with Crippen molar-refractivity contribution in [2.75, 3.05) is 17.6 Å². The Balaban J connectivity index is 1.78. The molecule has 4 heteroatoms. The number of benzene rings is 2. The zero-order valence-corrected chi connectivity index (χ0v) is 15.3. The normalized spacial score (nSPS) is 12.7. The Kier molecular flexibility index (Phi) is 5.71. The lowest BCUT2D eigenvalue weighted by Crippen LogP contribution is -2.24. The number of rotatable bonds is 8. The average Bonchev–Trinajstić information content (AvgIpc) is 2.66. The van der Waals surface area contributed by atoms with Crippen LogP contribution >= 0.6 is 0 Å². The van der Waals surface area contributed by atoms with E-state index in [0.29, 0.717) is 33.6 Å². The van der Waals surface area contributed by atoms with Crippen LogP contribution in [0, 0.1) is 0 Å². The third-order valence-electron chi connectivity index (χ3n) is 4.95. The maximum absolute atomic E-state index is 13.0. The smallest absolute Gasteiger partial charge is 0.196 e. The number of carbonyl (C=O) groups is 2. The first-order valence-corrected chi connectivity index (χ1v) is 9.50. The third kappa shape index (κ3) is 3.50. The van der Waals surface area contributed by atoms with Gasteiger partial charge in [0.25, 0.3) is 0 Å². The van der Waals surface area contributed by atoms with Gasteiger partial charge < -0.3 is 11.1 Å². The van der Waals surface area contributed by atoms with Crippen LogP contribution in [0.1, 0.15) is 77.3 Å². The molecule has 4 nitrogen and oxygen atoms in total. The van der Waals surface area contributed by atoms with Gasteiger partial charge in [0, 0.05) is 29.0 Å². The van der Waals surface area contributed by atoms with Crippen LogP contribution < -0.4 is 11.1 Å². The minimum Gasteiger partial charge on any atom is -0.398 e. The van der Waals surface area contributed by atoms with Crippen molar-refractivity contribution < 1.29 is 9.59 Å². The lowest BCUT2D eigenvalue weighted by molar-refractivity contribution is 0.0980. The minimum absolute atomic E-state index is 0.132. The summed E-state index contributed by atoms with van der Waals surface area (Å²) in [5.74, 6) is -0.302. The fraction of sp³-hybridized carbons (Fsp3) is 0.364. The highest BCUT2D eigenvalue weighted by molar-refractivity contribution is 6.31. The molecule has 0 aromatic heterocycles. The van der Waals surface area contributed by atoms with E-state index >= 15 is 0 Å². The molecular weight excluding hydrogens is 324 g/mol. The first kappa shape index (κ1) is 18.2. The van der Waals surface area contributed by atoms with Gasteiger partial charge >= 0.3 is 0 Å². The summed E-state index contributed by atoms with van der Waals surface area (Å²) in [4.78, 5) is 25.8. The molecular formula is C22H26N2O2. The molecule has 0 heterocycles. The summed E-state index contributed by atoms with van der Waals surface area (Å²) in [6.45, 7) is 2.99. The van der Waals surface area contributed by atoms with E-state index in [1.807, 2.05) is 6.07 Å². The summed E-state index contributed by atoms with van der Waals surface area (Å²) in [6.07, 6.45) is 7.25. The van der Waals surface area contributed by atoms with Crippen molar-refractivity contribution in [1.29, 1.82) is 0 Å². The standard InChI is InChI=1S/C22H26N2O2/c1-2-3-4-5-6-9-14-24-18-13-12-17(23)19-20(18)22(26)16-11-8-7-10-15(16)21(19)25/h7-8,10-13,24H,2-6,9,14,23H2,1H3. The van der Waals surface area contributed by atoms with E-state index in [4.69, 9.17) is 5.73 Å². The Labute approximate surface area is 154 Å². The molecule has 2 aromatic carbocycles. The van der Waals surface area contributed by atoms with Crippen molar-refractivity contribution in [1.82, 2.24) is 0 Å². The molecule has 0 radical (unpaired) electrons. The molecule has 3 rings (SSSR count). The maximum Gasteiger partial charge on any atom is 0.196 e. The lowest BCUT2D eigenvalue weighted by Gasteiger charge is -2.22. The number of ketones is 2. The van der Waals surface area contributed by atoms with Crippen LogP contribution in [0.2, 0.25) is 0 Å². The second-order valence-corrected chi connectivity index (χ2v) is 6.85. The highest BCUT2D eigenvalue weighted by atomic mass is 16.1. The van der Waals surface area contributed by atoms with Gasteiger partial charge in [0.1, 0.15) is 0 Å². The van der Waals surface area contributed by atoms with E-state index in [1.54, 1.807) is 30.3 Å². The molecule has 0 saturated carbocycles. The van der Waals surface area contributed by atoms with Gasteiger partial charge in [-0.1, -0.05) is 63.3 Å². The monoisotopic (exact) mass is 350 g/mol. The lowest BCUT2D eigenvalue weighted by atomic mass is 9.82. The molecule has 0 atom stereocenters. The number of hydrogen-bond acceptors (Lipinski definition) is 4. The van der Waals surface area contributed by atoms with E-state index in [1.165, 1.54) is 32.1 Å². The largest absolute Gasteiger partial charge is 0.398 e. The molecule has 0 bridgehead atoms. The zero-order chi connectivity index (χ0) is 18.5. The molecule has 0 saturated heterocycles. The predicted molar refractivity (Wildman–Crippen MR) is 106 cm³/mol. The van der Waals surface area contributed by atoms with Gasteiger partial charge in [-0.05, 0) is 18.6 Å². The summed E-state index contributed by atoms with van der Waals surface area (Å²) in [5.41, 5.74) is 8.75. The topological polar surface area (TPSA) is 72.2 Å². The van der Waals surface area contributed by atoms with Crippen LogP contribution in [0.25, 0.3) is 0 Å². The van der Waals surface area contributed by atoms with Gasteiger partial charge in [0.05, 0.1) is 11.1 Å². The van der Waals surface area contributed by atoms with Crippen molar-refractivity contribution in [2.24, 2.45) is 0 Å². The Morgan fingerprint density at radius 2 is 1.42 bits per heavy atom. The van der Waals surface area contributed by atoms with Crippen molar-refractivity contribution in [3.8, 4) is 0 Å². The highest BCUT2D eigenvalue weighted by Gasteiger charge is 2.33. The van der Waals surface area contributed by atoms with Crippen LogP contribution in [-0.2, 0) is 0 Å². The molecule has 136 valence electrons. The molecule has 26 heavy (non-hydrogen) atoms. The van der Waals surface area contributed by atoms with E-state index in [0.717, 1.165) is 13.0 Å². The van der Waals surface area contributed by atoms with Gasteiger partial charge in [0.15, 0.2) is 11.6 Å². The fourth-order valence-electron chi connectivity index (χ4n) is 3.52. The van der Waals surface area contributed by atoms with Crippen molar-refractivity contribution >= 4 is 22.9 Å². The predicted octanol–water partition coefficient (Wildman–Crippen LogP) is 4.82. The van der Waals surface area contributed by atoms with E-state index in [-0.39, 0.29) is 11.6 Å². The molecule has 1 aliphatic carbocycles. The van der Waals surface area contributed by atoms with Crippen LogP contribution in [0.5, 0.6) is 0 Å². The third-order valence-corrected chi connectivity index (χ3v) is 4.95. The fourth-order valence-corrected chi connectivity index (χ4v) is 3.52. The molecule has 1 aliphatic rings. The molecule has 0 spiro atoms. The van der Waals surface area contributed by atoms with Crippen molar-refractivity contribution in [2.45, 2.75) is 45.4 Å². The summed E-state index contributed by atoms with van der Waals surface area (Å²) in [5, 5.41) is 3.34. The summed E-state index contributed by atoms with van der Waals surface area (Å²) in [6, 6.07) is 10.5. The van der Waals surface area contributed by atoms with Crippen LogP contribution in [0.3, 0.4) is 0 Å². The Bertz CT molecular complexity index is 827. The van der Waals surface area contributed by atoms with Gasteiger partial charge in [-0.2, -0.15) is 0 Å². The molecule has 3 N–H and O–H groups in total. The quantitative estimate of drug-likeness (QED) is 0.451. The molecule has 0 amide bonds. The second-order valence-electron chi connectivity index (χ2n) is 6.85. The zero-order valence-electron chi connectivity index (χ0n) is 15.3. The summed E-state index contributed by atoms with van der Waals surface area (Å²) in [7, 11) is 0. The second kappa shape index (κ2) is 8.17. The Morgan fingerprint density at radius 1 is 0.808 bits per heavy atom. The van der Waals surface area contributed by atoms with E-state index in [2.05, 4.69) is 12.2 Å². The van der Waals surface area contributed by atoms with Gasteiger partial charge in [-0.25, -0.2) is 0 Å². The van der Waals surface area contributed by atoms with Crippen LogP contribution in [0.15, 0.2) is 36.4 Å². The summed E-state index contributed by atoms with van der Waals surface area (Å²) >= 11 is 0. The van der Waals surface area contributed by atoms with Crippen LogP contribution in [-0.4, -0.2) is 18.1 Å². The first-order valence-electron chi connectivity index (χ1n) is 9.50. The number of nitrogens with one attached hydrogen (secondary N) is 1. The number of nitrogens with two attached hydrogens (primary N) is 1. The molecule has 2 aromatic rings. The number of fused-ring (bicyclic) bond motifs is 2. The van der Waals surface area contributed by atoms with Crippen molar-refractivity contribution in [3.05, 3.63) is 58.7 Å². The maximum atomic E-state index is 13.0. The number of anilines is 2. The molecule has 0 unspecified atom stereocenters. The number of nitrogen functional groups attached to an aromatic ring is 1. The van der Waals surface area contributed by atoms with E-state index < -0.39 is 0 Å². The number of hydrogen-bond donors (Lipinski definition) is 2. The Hall–Kier alpha value is -2.62. The average molecular weight is 350 g/mol. The first-order chi connectivity index (χ1) is 12.6. The minimum atomic E-state index is -0.170. The Morgan fingerprint density at radius 3 is 2.12 bits per heavy atom. The van der Waals surface area contributed by atoms with Crippen LogP contribution in [0.4, 0.5) is 11.4 Å².